The minimum Gasteiger partial charge on any atom is -0.459 e. The maximum Gasteiger partial charge on any atom is 0.338 e. The van der Waals surface area contributed by atoms with E-state index in [4.69, 9.17) is 21.1 Å². The third kappa shape index (κ3) is 5.41. The van der Waals surface area contributed by atoms with Gasteiger partial charge >= 0.3 is 5.97 Å². The second kappa shape index (κ2) is 9.02. The first-order valence-corrected chi connectivity index (χ1v) is 11.1. The van der Waals surface area contributed by atoms with Gasteiger partial charge in [0.25, 0.3) is 10.0 Å². The number of hydrogen-bond donors (Lipinski definition) is 1. The molecule has 2 aromatic carbocycles. The van der Waals surface area contributed by atoms with Crippen molar-refractivity contribution in [2.24, 2.45) is 0 Å². The maximum atomic E-state index is 13.2. The molecule has 1 aliphatic rings. The van der Waals surface area contributed by atoms with Crippen LogP contribution in [0.15, 0.2) is 47.4 Å². The van der Waals surface area contributed by atoms with Gasteiger partial charge in [-0.2, -0.15) is 0 Å². The first-order valence-electron chi connectivity index (χ1n) is 9.22. The van der Waals surface area contributed by atoms with Crippen LogP contribution in [0.3, 0.4) is 0 Å². The van der Waals surface area contributed by atoms with Crippen molar-refractivity contribution in [3.8, 4) is 0 Å². The maximum absolute atomic E-state index is 13.2. The second-order valence-electron chi connectivity index (χ2n) is 6.85. The molecule has 29 heavy (non-hydrogen) atoms. The van der Waals surface area contributed by atoms with E-state index in [9.17, 15) is 13.2 Å². The number of morpholine rings is 1. The Kier molecular flexibility index (Phi) is 6.66. The molecule has 7 nitrogen and oxygen atoms in total. The summed E-state index contributed by atoms with van der Waals surface area (Å²) in [5.74, 6) is -0.573. The van der Waals surface area contributed by atoms with Crippen molar-refractivity contribution >= 4 is 39.0 Å². The van der Waals surface area contributed by atoms with Crippen LogP contribution in [-0.4, -0.2) is 46.8 Å². The van der Waals surface area contributed by atoms with Gasteiger partial charge in [-0.05, 0) is 56.3 Å². The van der Waals surface area contributed by atoms with Gasteiger partial charge in [0, 0.05) is 23.8 Å². The van der Waals surface area contributed by atoms with Crippen molar-refractivity contribution in [1.29, 1.82) is 0 Å². The molecule has 0 amide bonds. The Morgan fingerprint density at radius 2 is 1.79 bits per heavy atom. The topological polar surface area (TPSA) is 84.9 Å². The van der Waals surface area contributed by atoms with Crippen LogP contribution < -0.4 is 9.62 Å². The molecule has 0 bridgehead atoms. The first-order chi connectivity index (χ1) is 13.8. The predicted molar refractivity (Wildman–Crippen MR) is 112 cm³/mol. The average molecular weight is 439 g/mol. The number of halogens is 1. The van der Waals surface area contributed by atoms with Crippen LogP contribution in [0.4, 0.5) is 11.4 Å². The van der Waals surface area contributed by atoms with Gasteiger partial charge in [-0.25, -0.2) is 13.2 Å². The molecule has 0 atom stereocenters. The third-order valence-corrected chi connectivity index (χ3v) is 5.94. The molecule has 1 N–H and O–H groups in total. The monoisotopic (exact) mass is 438 g/mol. The number of nitrogens with zero attached hydrogens (tertiary/aromatic N) is 1. The number of sulfonamides is 1. The molecule has 0 saturated carbocycles. The number of ether oxygens (including phenoxy) is 2. The normalized spacial score (nSPS) is 14.7. The van der Waals surface area contributed by atoms with Crippen molar-refractivity contribution < 1.29 is 22.7 Å². The minimum absolute atomic E-state index is 0.00700. The van der Waals surface area contributed by atoms with Gasteiger partial charge in [-0.3, -0.25) is 4.72 Å². The van der Waals surface area contributed by atoms with E-state index >= 15 is 0 Å². The molecule has 0 spiro atoms. The van der Waals surface area contributed by atoms with Gasteiger partial charge in [0.15, 0.2) is 0 Å². The first kappa shape index (κ1) is 21.4. The highest BCUT2D eigenvalue weighted by molar-refractivity contribution is 7.92. The number of hydrogen-bond acceptors (Lipinski definition) is 6. The van der Waals surface area contributed by atoms with Crippen LogP contribution in [0.2, 0.25) is 5.02 Å². The summed E-state index contributed by atoms with van der Waals surface area (Å²) in [7, 11) is -3.97. The van der Waals surface area contributed by atoms with E-state index in [1.807, 2.05) is 4.90 Å². The molecular formula is C20H23ClN2O5S. The van der Waals surface area contributed by atoms with Crippen LogP contribution in [0.1, 0.15) is 24.2 Å². The second-order valence-corrected chi connectivity index (χ2v) is 8.94. The fraction of sp³-hybridized carbons (Fsp3) is 0.350. The summed E-state index contributed by atoms with van der Waals surface area (Å²) in [5, 5.41) is 0.500. The van der Waals surface area contributed by atoms with Crippen molar-refractivity contribution in [1.82, 2.24) is 0 Å². The number of benzene rings is 2. The van der Waals surface area contributed by atoms with Crippen LogP contribution >= 0.6 is 11.6 Å². The minimum atomic E-state index is -3.97. The predicted octanol–water partition coefficient (Wildman–Crippen LogP) is 3.54. The van der Waals surface area contributed by atoms with E-state index in [-0.39, 0.29) is 16.6 Å². The van der Waals surface area contributed by atoms with Crippen LogP contribution in [0.5, 0.6) is 0 Å². The van der Waals surface area contributed by atoms with Crippen LogP contribution in [0, 0.1) is 0 Å². The fourth-order valence-electron chi connectivity index (χ4n) is 2.93. The highest BCUT2D eigenvalue weighted by Crippen LogP contribution is 2.30. The van der Waals surface area contributed by atoms with Crippen LogP contribution in [-0.2, 0) is 19.5 Å². The number of carbonyl (C=O) groups excluding carboxylic acids is 1. The molecule has 0 radical (unpaired) electrons. The number of esters is 1. The Labute approximate surface area is 175 Å². The van der Waals surface area contributed by atoms with E-state index in [2.05, 4.69) is 4.72 Å². The summed E-state index contributed by atoms with van der Waals surface area (Å²) in [5.41, 5.74) is 1.06. The molecule has 1 aliphatic heterocycles. The molecule has 2 aromatic rings. The van der Waals surface area contributed by atoms with Gasteiger partial charge in [-0.15, -0.1) is 0 Å². The number of rotatable bonds is 6. The summed E-state index contributed by atoms with van der Waals surface area (Å²) in [6, 6.07) is 10.9. The lowest BCUT2D eigenvalue weighted by Crippen LogP contribution is -2.37. The summed E-state index contributed by atoms with van der Waals surface area (Å²) in [6.45, 7) is 5.58. The van der Waals surface area contributed by atoms with E-state index in [0.717, 1.165) is 0 Å². The molecule has 0 aromatic heterocycles. The third-order valence-electron chi connectivity index (χ3n) is 4.28. The molecule has 1 heterocycles. The summed E-state index contributed by atoms with van der Waals surface area (Å²) >= 11 is 5.88. The molecule has 3 rings (SSSR count). The van der Waals surface area contributed by atoms with Gasteiger partial charge in [0.1, 0.15) is 4.90 Å². The molecule has 1 fully saturated rings. The smallest absolute Gasteiger partial charge is 0.338 e. The Balaban J connectivity index is 2.01. The molecule has 0 aliphatic carbocycles. The summed E-state index contributed by atoms with van der Waals surface area (Å²) in [4.78, 5) is 14.3. The largest absolute Gasteiger partial charge is 0.459 e. The van der Waals surface area contributed by atoms with Gasteiger partial charge in [0.05, 0.1) is 30.6 Å². The number of anilines is 2. The fourth-order valence-corrected chi connectivity index (χ4v) is 4.37. The zero-order chi connectivity index (χ0) is 21.0. The summed E-state index contributed by atoms with van der Waals surface area (Å²) < 4.78 is 39.5. The lowest BCUT2D eigenvalue weighted by atomic mass is 10.2. The Hall–Kier alpha value is -2.29. The van der Waals surface area contributed by atoms with Gasteiger partial charge in [-0.1, -0.05) is 11.6 Å². The molecule has 9 heteroatoms. The lowest BCUT2D eigenvalue weighted by Gasteiger charge is -2.30. The quantitative estimate of drug-likeness (QED) is 0.694. The molecule has 156 valence electrons. The number of nitrogens with one attached hydrogen (secondary N) is 1. The van der Waals surface area contributed by atoms with E-state index < -0.39 is 16.0 Å². The van der Waals surface area contributed by atoms with Crippen LogP contribution in [0.25, 0.3) is 0 Å². The molecular weight excluding hydrogens is 416 g/mol. The number of carbonyl (C=O) groups is 1. The van der Waals surface area contributed by atoms with Crippen molar-refractivity contribution in [3.63, 3.8) is 0 Å². The van der Waals surface area contributed by atoms with Gasteiger partial charge < -0.3 is 14.4 Å². The van der Waals surface area contributed by atoms with Crippen molar-refractivity contribution in [3.05, 3.63) is 53.1 Å². The zero-order valence-corrected chi connectivity index (χ0v) is 17.8. The van der Waals surface area contributed by atoms with E-state index in [0.29, 0.717) is 42.7 Å². The average Bonchev–Trinajstić information content (AvgIpc) is 2.69. The Bertz CT molecular complexity index is 971. The Morgan fingerprint density at radius 1 is 1.14 bits per heavy atom. The lowest BCUT2D eigenvalue weighted by molar-refractivity contribution is 0.0377. The van der Waals surface area contributed by atoms with E-state index in [1.54, 1.807) is 50.2 Å². The highest BCUT2D eigenvalue weighted by atomic mass is 35.5. The summed E-state index contributed by atoms with van der Waals surface area (Å²) in [6.07, 6.45) is -0.311. The molecule has 0 unspecified atom stereocenters. The zero-order valence-electron chi connectivity index (χ0n) is 16.2. The van der Waals surface area contributed by atoms with E-state index in [1.165, 1.54) is 6.07 Å². The Morgan fingerprint density at radius 3 is 2.41 bits per heavy atom. The SMILES string of the molecule is CC(C)OC(=O)c1ccc(N2CCOCC2)c(S(=O)(=O)Nc2ccc(Cl)cc2)c1. The van der Waals surface area contributed by atoms with Gasteiger partial charge in [0.2, 0.25) is 0 Å². The van der Waals surface area contributed by atoms with Crippen molar-refractivity contribution in [2.45, 2.75) is 24.8 Å². The highest BCUT2D eigenvalue weighted by Gasteiger charge is 2.26. The standard InChI is InChI=1S/C20H23ClN2O5S/c1-14(2)28-20(24)15-3-8-18(23-9-11-27-12-10-23)19(13-15)29(25,26)22-17-6-4-16(21)5-7-17/h3-8,13-14,22H,9-12H2,1-2H3. The molecule has 1 saturated heterocycles. The van der Waals surface area contributed by atoms with Crippen molar-refractivity contribution in [2.75, 3.05) is 35.9 Å².